The molecule has 0 amide bonds. The molecule has 0 saturated carbocycles. The van der Waals surface area contributed by atoms with E-state index < -0.39 is 5.97 Å². The van der Waals surface area contributed by atoms with Crippen molar-refractivity contribution in [2.24, 2.45) is 5.92 Å². The molecule has 0 radical (unpaired) electrons. The second-order valence-electron chi connectivity index (χ2n) is 6.32. The maximum atomic E-state index is 11.8. The summed E-state index contributed by atoms with van der Waals surface area (Å²) in [5.41, 5.74) is 3.47. The largest absolute Gasteiger partial charge is 0.545 e. The molecule has 0 aliphatic heterocycles. The highest BCUT2D eigenvalue weighted by atomic mass is 16.4. The molecule has 24 heavy (non-hydrogen) atoms. The first-order valence-electron chi connectivity index (χ1n) is 8.01. The zero-order valence-corrected chi connectivity index (χ0v) is 13.3. The van der Waals surface area contributed by atoms with Gasteiger partial charge in [-0.05, 0) is 54.2 Å². The monoisotopic (exact) mass is 318 g/mol. The lowest BCUT2D eigenvalue weighted by Gasteiger charge is -2.27. The van der Waals surface area contributed by atoms with Gasteiger partial charge < -0.3 is 14.3 Å². The fourth-order valence-electron chi connectivity index (χ4n) is 3.51. The highest BCUT2D eigenvalue weighted by molar-refractivity contribution is 6.05. The second-order valence-corrected chi connectivity index (χ2v) is 6.32. The summed E-state index contributed by atoms with van der Waals surface area (Å²) in [6.45, 7) is 2.12. The van der Waals surface area contributed by atoms with Gasteiger partial charge in [-0.1, -0.05) is 25.1 Å². The third kappa shape index (κ3) is 2.40. The maximum absolute atomic E-state index is 11.8. The molecule has 0 unspecified atom stereocenters. The molecule has 120 valence electrons. The van der Waals surface area contributed by atoms with Gasteiger partial charge in [0, 0.05) is 10.9 Å². The second kappa shape index (κ2) is 5.64. The Bertz CT molecular complexity index is 954. The first-order chi connectivity index (χ1) is 11.6. The Morgan fingerprint density at radius 1 is 1.25 bits per heavy atom. The van der Waals surface area contributed by atoms with Crippen LogP contribution in [0.2, 0.25) is 0 Å². The molecule has 0 saturated heterocycles. The molecule has 0 bridgehead atoms. The topological polar surface area (TPSA) is 66.2 Å². The Balaban J connectivity index is 2.02. The van der Waals surface area contributed by atoms with Crippen molar-refractivity contribution < 1.29 is 14.3 Å². The van der Waals surface area contributed by atoms with Crippen LogP contribution in [0.15, 0.2) is 47.1 Å². The lowest BCUT2D eigenvalue weighted by Crippen LogP contribution is -2.27. The van der Waals surface area contributed by atoms with Crippen molar-refractivity contribution in [1.82, 2.24) is 4.98 Å². The number of para-hydroxylation sites is 1. The van der Waals surface area contributed by atoms with E-state index in [1.54, 1.807) is 12.3 Å². The van der Waals surface area contributed by atoms with Crippen molar-refractivity contribution in [2.45, 2.75) is 19.8 Å². The van der Waals surface area contributed by atoms with E-state index in [0.717, 1.165) is 29.0 Å². The lowest BCUT2D eigenvalue weighted by molar-refractivity contribution is -0.254. The van der Waals surface area contributed by atoms with Crippen LogP contribution < -0.4 is 5.11 Å². The zero-order valence-electron chi connectivity index (χ0n) is 13.3. The number of aromatic nitrogens is 1. The molecule has 0 fully saturated rings. The van der Waals surface area contributed by atoms with Gasteiger partial charge in [0.2, 0.25) is 0 Å². The maximum Gasteiger partial charge on any atom is 0.126 e. The van der Waals surface area contributed by atoms with Crippen molar-refractivity contribution in [3.8, 4) is 0 Å². The molecule has 4 heteroatoms. The van der Waals surface area contributed by atoms with Crippen molar-refractivity contribution in [1.29, 1.82) is 0 Å². The summed E-state index contributed by atoms with van der Waals surface area (Å²) in [5.74, 6) is -0.0638. The minimum absolute atomic E-state index is 0.271. The number of nitrogens with zero attached hydrogens (tertiary/aromatic N) is 1. The molecule has 4 nitrogen and oxygen atoms in total. The lowest BCUT2D eigenvalue weighted by atomic mass is 9.81. The van der Waals surface area contributed by atoms with E-state index in [2.05, 4.69) is 6.92 Å². The normalized spacial score (nSPS) is 18.7. The van der Waals surface area contributed by atoms with Crippen molar-refractivity contribution in [3.05, 3.63) is 65.2 Å². The van der Waals surface area contributed by atoms with Gasteiger partial charge in [-0.3, -0.25) is 0 Å². The number of carboxylic acids is 1. The average molecular weight is 318 g/mol. The molecule has 1 aliphatic carbocycles. The van der Waals surface area contributed by atoms with Crippen LogP contribution >= 0.6 is 0 Å². The highest BCUT2D eigenvalue weighted by Gasteiger charge is 2.25. The van der Waals surface area contributed by atoms with Crippen LogP contribution in [0.25, 0.3) is 22.6 Å². The molecule has 0 N–H and O–H groups in total. The Morgan fingerprint density at radius 2 is 2.08 bits per heavy atom. The summed E-state index contributed by atoms with van der Waals surface area (Å²) in [6, 6.07) is 11.0. The number of furan rings is 1. The van der Waals surface area contributed by atoms with Crippen molar-refractivity contribution >= 4 is 28.5 Å². The number of carbonyl (C=O) groups is 1. The van der Waals surface area contributed by atoms with Gasteiger partial charge in [-0.2, -0.15) is 0 Å². The number of hydrogen-bond acceptors (Lipinski definition) is 4. The van der Waals surface area contributed by atoms with Gasteiger partial charge >= 0.3 is 0 Å². The van der Waals surface area contributed by atoms with Crippen LogP contribution in [0.1, 0.15) is 40.7 Å². The van der Waals surface area contributed by atoms with Crippen molar-refractivity contribution in [2.75, 3.05) is 0 Å². The quantitative estimate of drug-likeness (QED) is 0.727. The number of carbonyl (C=O) groups excluding carboxylic acids is 1. The number of rotatable bonds is 2. The van der Waals surface area contributed by atoms with Crippen molar-refractivity contribution in [3.63, 3.8) is 0 Å². The summed E-state index contributed by atoms with van der Waals surface area (Å²) in [7, 11) is 0. The van der Waals surface area contributed by atoms with Crippen LogP contribution in [0.5, 0.6) is 0 Å². The predicted octanol–water partition coefficient (Wildman–Crippen LogP) is 3.31. The molecule has 2 heterocycles. The van der Waals surface area contributed by atoms with Crippen LogP contribution in [-0.4, -0.2) is 11.0 Å². The van der Waals surface area contributed by atoms with E-state index in [4.69, 9.17) is 9.40 Å². The predicted molar refractivity (Wildman–Crippen MR) is 90.1 cm³/mol. The molecule has 0 spiro atoms. The molecule has 2 aromatic heterocycles. The van der Waals surface area contributed by atoms with Gasteiger partial charge in [-0.25, -0.2) is 4.98 Å². The Labute approximate surface area is 139 Å². The summed E-state index contributed by atoms with van der Waals surface area (Å²) in [5, 5.41) is 12.5. The van der Waals surface area contributed by atoms with E-state index in [1.165, 1.54) is 0 Å². The molecular weight excluding hydrogens is 302 g/mol. The summed E-state index contributed by atoms with van der Waals surface area (Å²) in [4.78, 5) is 16.6. The molecule has 1 aliphatic rings. The average Bonchev–Trinajstić information content (AvgIpc) is 3.05. The molecule has 1 atom stereocenters. The van der Waals surface area contributed by atoms with Gasteiger partial charge in [0.25, 0.3) is 0 Å². The van der Waals surface area contributed by atoms with E-state index in [-0.39, 0.29) is 5.56 Å². The van der Waals surface area contributed by atoms with Gasteiger partial charge in [0.05, 0.1) is 23.4 Å². The van der Waals surface area contributed by atoms with Gasteiger partial charge in [-0.15, -0.1) is 0 Å². The molecule has 3 aromatic rings. The smallest absolute Gasteiger partial charge is 0.126 e. The standard InChI is InChI=1S/C20H17NO3/c1-12-9-13(11-14-5-4-8-24-14)19-16(10-12)18(20(22)23)15-6-2-3-7-17(15)21-19/h2-8,11-12H,9-10H2,1H3,(H,22,23)/p-1/b13-11-/t12-/m0/s1. The van der Waals surface area contributed by atoms with Crippen LogP contribution in [0.3, 0.4) is 0 Å². The van der Waals surface area contributed by atoms with E-state index >= 15 is 0 Å². The minimum Gasteiger partial charge on any atom is -0.545 e. The minimum atomic E-state index is -1.14. The number of benzene rings is 1. The SMILES string of the molecule is C[C@H]1C/C(=C/c2ccco2)c2nc3ccccc3c(C(=O)[O-])c2C1. The third-order valence-corrected chi connectivity index (χ3v) is 4.48. The number of allylic oxidation sites excluding steroid dienone is 1. The summed E-state index contributed by atoms with van der Waals surface area (Å²) >= 11 is 0. The zero-order chi connectivity index (χ0) is 16.7. The van der Waals surface area contributed by atoms with Crippen LogP contribution in [0, 0.1) is 5.92 Å². The third-order valence-electron chi connectivity index (χ3n) is 4.48. The Hall–Kier alpha value is -2.88. The Morgan fingerprint density at radius 3 is 2.83 bits per heavy atom. The number of pyridine rings is 1. The van der Waals surface area contributed by atoms with Gasteiger partial charge in [0.1, 0.15) is 5.76 Å². The highest BCUT2D eigenvalue weighted by Crippen LogP contribution is 2.38. The molecular formula is C20H16NO3-. The summed E-state index contributed by atoms with van der Waals surface area (Å²) < 4.78 is 5.42. The van der Waals surface area contributed by atoms with E-state index in [1.807, 2.05) is 36.4 Å². The summed E-state index contributed by atoms with van der Waals surface area (Å²) in [6.07, 6.45) is 5.10. The number of fused-ring (bicyclic) bond motifs is 2. The van der Waals surface area contributed by atoms with Crippen LogP contribution in [0.4, 0.5) is 0 Å². The van der Waals surface area contributed by atoms with Gasteiger partial charge in [0.15, 0.2) is 0 Å². The first kappa shape index (κ1) is 14.7. The van der Waals surface area contributed by atoms with Crippen LogP contribution in [-0.2, 0) is 6.42 Å². The molecule has 4 rings (SSSR count). The Kier molecular flexibility index (Phi) is 3.45. The molecule has 1 aromatic carbocycles. The van der Waals surface area contributed by atoms with E-state index in [9.17, 15) is 9.90 Å². The number of hydrogen-bond donors (Lipinski definition) is 0. The number of carboxylic acid groups (broad SMARTS) is 1. The number of aromatic carboxylic acids is 1. The van der Waals surface area contributed by atoms with E-state index in [0.29, 0.717) is 23.2 Å². The fourth-order valence-corrected chi connectivity index (χ4v) is 3.51. The first-order valence-corrected chi connectivity index (χ1v) is 8.01. The fraction of sp³-hybridized carbons (Fsp3) is 0.200.